The molecule has 1 unspecified atom stereocenters. The van der Waals surface area contributed by atoms with Crippen LogP contribution in [0.15, 0.2) is 53.7 Å². The smallest absolute Gasteiger partial charge is 0.321 e. The quantitative estimate of drug-likeness (QED) is 0.679. The van der Waals surface area contributed by atoms with Crippen molar-refractivity contribution in [3.05, 3.63) is 60.0 Å². The number of aromatic nitrogens is 3. The van der Waals surface area contributed by atoms with E-state index >= 15 is 0 Å². The van der Waals surface area contributed by atoms with Crippen LogP contribution in [-0.4, -0.2) is 41.5 Å². The minimum Gasteiger partial charge on any atom is -0.337 e. The molecule has 27 heavy (non-hydrogen) atoms. The Morgan fingerprint density at radius 3 is 2.70 bits per heavy atom. The van der Waals surface area contributed by atoms with Crippen molar-refractivity contribution >= 4 is 27.4 Å². The summed E-state index contributed by atoms with van der Waals surface area (Å²) in [7, 11) is -3.60. The van der Waals surface area contributed by atoms with Gasteiger partial charge < -0.3 is 5.32 Å². The van der Waals surface area contributed by atoms with Crippen LogP contribution in [0.25, 0.3) is 5.65 Å². The van der Waals surface area contributed by atoms with Crippen molar-refractivity contribution in [1.29, 1.82) is 0 Å². The number of urea groups is 1. The number of sulfone groups is 1. The zero-order valence-corrected chi connectivity index (χ0v) is 14.8. The molecule has 1 aliphatic heterocycles. The Morgan fingerprint density at radius 2 is 1.96 bits per heavy atom. The van der Waals surface area contributed by atoms with E-state index in [4.69, 9.17) is 0 Å². The van der Waals surface area contributed by atoms with Crippen molar-refractivity contribution in [1.82, 2.24) is 25.2 Å². The van der Waals surface area contributed by atoms with Gasteiger partial charge in [-0.2, -0.15) is 5.10 Å². The maximum atomic E-state index is 12.8. The van der Waals surface area contributed by atoms with Crippen LogP contribution < -0.4 is 10.6 Å². The molecule has 0 spiro atoms. The second kappa shape index (κ2) is 6.47. The number of rotatable bonds is 4. The largest absolute Gasteiger partial charge is 0.337 e. The molecule has 1 saturated heterocycles. The molecule has 2 N–H and O–H groups in total. The number of imidazole rings is 1. The first-order chi connectivity index (χ1) is 12.9. The fourth-order valence-corrected chi connectivity index (χ4v) is 4.33. The average molecular weight is 385 g/mol. The maximum Gasteiger partial charge on any atom is 0.321 e. The minimum atomic E-state index is -3.60. The lowest BCUT2D eigenvalue weighted by molar-refractivity contribution is -0.122. The van der Waals surface area contributed by atoms with Gasteiger partial charge in [-0.3, -0.25) is 10.1 Å². The lowest BCUT2D eigenvalue weighted by atomic mass is 10.0. The first kappa shape index (κ1) is 17.2. The topological polar surface area (TPSA) is 123 Å². The molecule has 0 bridgehead atoms. The molecule has 3 heterocycles. The van der Waals surface area contributed by atoms with Crippen molar-refractivity contribution in [3.63, 3.8) is 0 Å². The molecule has 3 aromatic rings. The summed E-state index contributed by atoms with van der Waals surface area (Å²) < 4.78 is 27.0. The van der Waals surface area contributed by atoms with E-state index in [0.717, 1.165) is 0 Å². The van der Waals surface area contributed by atoms with Crippen LogP contribution in [0.3, 0.4) is 0 Å². The molecule has 1 atom stereocenters. The molecule has 1 fully saturated rings. The Hall–Kier alpha value is -3.27. The van der Waals surface area contributed by atoms with Gasteiger partial charge in [-0.15, -0.1) is 0 Å². The molecule has 0 aliphatic carbocycles. The number of hydrogen-bond acceptors (Lipinski definition) is 6. The predicted molar refractivity (Wildman–Crippen MR) is 94.6 cm³/mol. The number of hydrogen-bond donors (Lipinski definition) is 2. The standard InChI is InChI=1S/C17H15N5O4S/c23-16-13(9-19-17(24)20-16)14-8-11(15-18-6-7-22(15)21-14)10-27(25,26)12-4-2-1-3-5-12/h1-8,13H,9-10H2,(H2,19,20,23,24). The van der Waals surface area contributed by atoms with Crippen LogP contribution in [0.1, 0.15) is 17.2 Å². The number of benzene rings is 1. The summed E-state index contributed by atoms with van der Waals surface area (Å²) in [6.45, 7) is 0.0861. The van der Waals surface area contributed by atoms with Crippen molar-refractivity contribution in [2.24, 2.45) is 0 Å². The van der Waals surface area contributed by atoms with E-state index in [-0.39, 0.29) is 17.2 Å². The summed E-state index contributed by atoms with van der Waals surface area (Å²) in [5.41, 5.74) is 1.19. The van der Waals surface area contributed by atoms with Gasteiger partial charge in [0.1, 0.15) is 0 Å². The molecule has 0 radical (unpaired) electrons. The minimum absolute atomic E-state index is 0.0861. The predicted octanol–water partition coefficient (Wildman–Crippen LogP) is 0.626. The van der Waals surface area contributed by atoms with Crippen LogP contribution in [0, 0.1) is 0 Å². The SMILES string of the molecule is O=C1NCC(c2cc(CS(=O)(=O)c3ccccc3)c3nccn3n2)C(=O)N1. The third-order valence-corrected chi connectivity index (χ3v) is 5.96. The van der Waals surface area contributed by atoms with E-state index in [1.165, 1.54) is 22.8 Å². The zero-order chi connectivity index (χ0) is 19.0. The number of carbonyl (C=O) groups is 2. The summed E-state index contributed by atoms with van der Waals surface area (Å²) in [6, 6.07) is 9.12. The summed E-state index contributed by atoms with van der Waals surface area (Å²) in [5.74, 6) is -1.48. The Morgan fingerprint density at radius 1 is 1.19 bits per heavy atom. The van der Waals surface area contributed by atoms with E-state index in [9.17, 15) is 18.0 Å². The molecule has 1 aliphatic rings. The Labute approximate surface area is 154 Å². The van der Waals surface area contributed by atoms with Gasteiger partial charge in [0.15, 0.2) is 15.5 Å². The Balaban J connectivity index is 1.76. The van der Waals surface area contributed by atoms with E-state index in [1.807, 2.05) is 0 Å². The van der Waals surface area contributed by atoms with Crippen molar-refractivity contribution < 1.29 is 18.0 Å². The zero-order valence-electron chi connectivity index (χ0n) is 14.0. The number of amides is 3. The second-order valence-corrected chi connectivity index (χ2v) is 8.10. The number of nitrogens with one attached hydrogen (secondary N) is 2. The van der Waals surface area contributed by atoms with Gasteiger partial charge in [-0.25, -0.2) is 22.7 Å². The van der Waals surface area contributed by atoms with Gasteiger partial charge in [0, 0.05) is 24.5 Å². The highest BCUT2D eigenvalue weighted by molar-refractivity contribution is 7.90. The van der Waals surface area contributed by atoms with Gasteiger partial charge in [0.25, 0.3) is 0 Å². The Kier molecular flexibility index (Phi) is 4.11. The van der Waals surface area contributed by atoms with E-state index in [1.54, 1.807) is 30.5 Å². The summed E-state index contributed by atoms with van der Waals surface area (Å²) in [5, 5.41) is 9.08. The van der Waals surface area contributed by atoms with Crippen LogP contribution in [-0.2, 0) is 20.4 Å². The molecular formula is C17H15N5O4S. The fraction of sp³-hybridized carbons (Fsp3) is 0.176. The monoisotopic (exact) mass is 385 g/mol. The molecule has 4 rings (SSSR count). The van der Waals surface area contributed by atoms with Gasteiger partial charge in [-0.05, 0) is 18.2 Å². The molecule has 3 amide bonds. The van der Waals surface area contributed by atoms with Crippen molar-refractivity contribution in [2.45, 2.75) is 16.6 Å². The molecule has 9 nitrogen and oxygen atoms in total. The third kappa shape index (κ3) is 3.26. The maximum absolute atomic E-state index is 12.8. The van der Waals surface area contributed by atoms with E-state index in [2.05, 4.69) is 20.7 Å². The van der Waals surface area contributed by atoms with E-state index in [0.29, 0.717) is 16.9 Å². The van der Waals surface area contributed by atoms with Crippen molar-refractivity contribution in [2.75, 3.05) is 6.54 Å². The highest BCUT2D eigenvalue weighted by atomic mass is 32.2. The van der Waals surface area contributed by atoms with Gasteiger partial charge in [0.05, 0.1) is 22.3 Å². The van der Waals surface area contributed by atoms with Gasteiger partial charge in [-0.1, -0.05) is 18.2 Å². The number of fused-ring (bicyclic) bond motifs is 1. The number of carbonyl (C=O) groups excluding carboxylic acids is 2. The molecular weight excluding hydrogens is 370 g/mol. The summed E-state index contributed by atoms with van der Waals surface area (Å²) in [6.07, 6.45) is 3.09. The van der Waals surface area contributed by atoms with Crippen molar-refractivity contribution in [3.8, 4) is 0 Å². The number of imide groups is 1. The summed E-state index contributed by atoms with van der Waals surface area (Å²) in [4.78, 5) is 27.8. The third-order valence-electron chi connectivity index (χ3n) is 4.28. The highest BCUT2D eigenvalue weighted by Crippen LogP contribution is 2.23. The Bertz CT molecular complexity index is 1140. The van der Waals surface area contributed by atoms with Crippen LogP contribution in [0.4, 0.5) is 4.79 Å². The lowest BCUT2D eigenvalue weighted by Gasteiger charge is -2.22. The second-order valence-electron chi connectivity index (χ2n) is 6.11. The molecule has 10 heteroatoms. The van der Waals surface area contributed by atoms with E-state index < -0.39 is 27.7 Å². The first-order valence-corrected chi connectivity index (χ1v) is 9.79. The molecule has 2 aromatic heterocycles. The fourth-order valence-electron chi connectivity index (χ4n) is 2.97. The lowest BCUT2D eigenvalue weighted by Crippen LogP contribution is -2.51. The summed E-state index contributed by atoms with van der Waals surface area (Å²) >= 11 is 0. The molecule has 0 saturated carbocycles. The highest BCUT2D eigenvalue weighted by Gasteiger charge is 2.30. The average Bonchev–Trinajstić information content (AvgIpc) is 3.11. The van der Waals surface area contributed by atoms with Crippen LogP contribution in [0.2, 0.25) is 0 Å². The van der Waals surface area contributed by atoms with Gasteiger partial charge in [0.2, 0.25) is 5.91 Å². The number of nitrogens with zero attached hydrogens (tertiary/aromatic N) is 3. The van der Waals surface area contributed by atoms with Crippen LogP contribution in [0.5, 0.6) is 0 Å². The normalized spacial score (nSPS) is 17.6. The van der Waals surface area contributed by atoms with Crippen LogP contribution >= 0.6 is 0 Å². The van der Waals surface area contributed by atoms with Gasteiger partial charge >= 0.3 is 6.03 Å². The first-order valence-electron chi connectivity index (χ1n) is 8.14. The molecule has 138 valence electrons. The molecule has 1 aromatic carbocycles.